The van der Waals surface area contributed by atoms with Crippen LogP contribution < -0.4 is 10.2 Å². The lowest BCUT2D eigenvalue weighted by molar-refractivity contribution is 0.566. The van der Waals surface area contributed by atoms with Crippen LogP contribution in [0.15, 0.2) is 6.07 Å². The Balaban J connectivity index is 2.28. The van der Waals surface area contributed by atoms with Gasteiger partial charge in [-0.3, -0.25) is 0 Å². The summed E-state index contributed by atoms with van der Waals surface area (Å²) in [5.41, 5.74) is 3.89. The van der Waals surface area contributed by atoms with Crippen molar-refractivity contribution >= 4 is 5.82 Å². The third-order valence-electron chi connectivity index (χ3n) is 4.21. The monoisotopic (exact) mass is 289 g/mol. The van der Waals surface area contributed by atoms with Gasteiger partial charge >= 0.3 is 0 Å². The molecule has 1 N–H and O–H groups in total. The standard InChI is InChI=1S/C18H31N3/c1-6-19-12-17-14(4)11-15(5)20-18(17)21(16-7-8-16)10-9-13(2)3/h11,13,16,19H,6-10,12H2,1-5H3. The first kappa shape index (κ1) is 16.3. The second-order valence-corrected chi connectivity index (χ2v) is 6.77. The van der Waals surface area contributed by atoms with E-state index in [1.807, 2.05) is 0 Å². The van der Waals surface area contributed by atoms with Gasteiger partial charge in [-0.25, -0.2) is 4.98 Å². The minimum absolute atomic E-state index is 0.720. The zero-order valence-electron chi connectivity index (χ0n) is 14.4. The molecule has 0 amide bonds. The number of aromatic nitrogens is 1. The number of aryl methyl sites for hydroxylation is 2. The van der Waals surface area contributed by atoms with E-state index in [0.717, 1.165) is 37.3 Å². The highest BCUT2D eigenvalue weighted by Crippen LogP contribution is 2.34. The average molecular weight is 289 g/mol. The normalized spacial score (nSPS) is 14.8. The molecule has 0 unspecified atom stereocenters. The first-order chi connectivity index (χ1) is 10.0. The maximum Gasteiger partial charge on any atom is 0.133 e. The van der Waals surface area contributed by atoms with Crippen molar-refractivity contribution in [1.82, 2.24) is 10.3 Å². The molecule has 1 saturated carbocycles. The fraction of sp³-hybridized carbons (Fsp3) is 0.722. The Labute approximate surface area is 130 Å². The van der Waals surface area contributed by atoms with Gasteiger partial charge in [0.05, 0.1) is 0 Å². The van der Waals surface area contributed by atoms with Crippen molar-refractivity contribution < 1.29 is 0 Å². The Morgan fingerprint density at radius 1 is 1.33 bits per heavy atom. The predicted octanol–water partition coefficient (Wildman–Crippen LogP) is 3.82. The fourth-order valence-electron chi connectivity index (χ4n) is 2.79. The average Bonchev–Trinajstić information content (AvgIpc) is 3.22. The minimum atomic E-state index is 0.720. The molecule has 21 heavy (non-hydrogen) atoms. The van der Waals surface area contributed by atoms with Crippen molar-refractivity contribution in [2.45, 2.75) is 66.5 Å². The van der Waals surface area contributed by atoms with Crippen LogP contribution in [-0.2, 0) is 6.54 Å². The number of anilines is 1. The Morgan fingerprint density at radius 2 is 2.05 bits per heavy atom. The van der Waals surface area contributed by atoms with Gasteiger partial charge in [-0.05, 0) is 57.2 Å². The second kappa shape index (κ2) is 7.26. The van der Waals surface area contributed by atoms with Crippen LogP contribution in [0.25, 0.3) is 0 Å². The highest BCUT2D eigenvalue weighted by molar-refractivity contribution is 5.53. The number of pyridine rings is 1. The largest absolute Gasteiger partial charge is 0.353 e. The van der Waals surface area contributed by atoms with E-state index >= 15 is 0 Å². The van der Waals surface area contributed by atoms with Crippen molar-refractivity contribution in [2.75, 3.05) is 18.0 Å². The third kappa shape index (κ3) is 4.44. The van der Waals surface area contributed by atoms with E-state index in [1.165, 1.54) is 36.2 Å². The van der Waals surface area contributed by atoms with Crippen molar-refractivity contribution in [1.29, 1.82) is 0 Å². The topological polar surface area (TPSA) is 28.2 Å². The molecule has 0 spiro atoms. The second-order valence-electron chi connectivity index (χ2n) is 6.77. The SMILES string of the molecule is CCNCc1c(C)cc(C)nc1N(CCC(C)C)C1CC1. The summed E-state index contributed by atoms with van der Waals surface area (Å²) in [7, 11) is 0. The van der Waals surface area contributed by atoms with Gasteiger partial charge in [0.2, 0.25) is 0 Å². The quantitative estimate of drug-likeness (QED) is 0.788. The zero-order valence-corrected chi connectivity index (χ0v) is 14.4. The van der Waals surface area contributed by atoms with Crippen LogP contribution in [0.5, 0.6) is 0 Å². The molecule has 1 aromatic heterocycles. The summed E-state index contributed by atoms with van der Waals surface area (Å²) in [4.78, 5) is 7.49. The molecule has 1 aromatic rings. The fourth-order valence-corrected chi connectivity index (χ4v) is 2.79. The molecule has 2 rings (SSSR count). The van der Waals surface area contributed by atoms with Crippen molar-refractivity contribution in [3.05, 3.63) is 22.9 Å². The number of hydrogen-bond donors (Lipinski definition) is 1. The van der Waals surface area contributed by atoms with Gasteiger partial charge in [-0.2, -0.15) is 0 Å². The molecule has 0 bridgehead atoms. The molecule has 1 heterocycles. The smallest absolute Gasteiger partial charge is 0.133 e. The van der Waals surface area contributed by atoms with Crippen LogP contribution >= 0.6 is 0 Å². The zero-order chi connectivity index (χ0) is 15.4. The summed E-state index contributed by atoms with van der Waals surface area (Å²) < 4.78 is 0. The van der Waals surface area contributed by atoms with Gasteiger partial charge in [0.25, 0.3) is 0 Å². The molecule has 3 heteroatoms. The van der Waals surface area contributed by atoms with Crippen LogP contribution in [0.4, 0.5) is 5.82 Å². The molecule has 1 fully saturated rings. The van der Waals surface area contributed by atoms with E-state index in [4.69, 9.17) is 4.98 Å². The molecule has 1 aliphatic carbocycles. The molecular weight excluding hydrogens is 258 g/mol. The molecule has 0 radical (unpaired) electrons. The van der Waals surface area contributed by atoms with Gasteiger partial charge in [0.15, 0.2) is 0 Å². The van der Waals surface area contributed by atoms with Crippen LogP contribution in [0.2, 0.25) is 0 Å². The molecule has 118 valence electrons. The molecule has 0 aliphatic heterocycles. The van der Waals surface area contributed by atoms with Crippen molar-refractivity contribution in [3.63, 3.8) is 0 Å². The Hall–Kier alpha value is -1.09. The summed E-state index contributed by atoms with van der Waals surface area (Å²) in [6, 6.07) is 2.93. The van der Waals surface area contributed by atoms with E-state index < -0.39 is 0 Å². The third-order valence-corrected chi connectivity index (χ3v) is 4.21. The molecule has 0 saturated heterocycles. The van der Waals surface area contributed by atoms with Gasteiger partial charge in [0, 0.05) is 30.4 Å². The van der Waals surface area contributed by atoms with Crippen molar-refractivity contribution in [2.24, 2.45) is 5.92 Å². The van der Waals surface area contributed by atoms with E-state index in [9.17, 15) is 0 Å². The first-order valence-electron chi connectivity index (χ1n) is 8.47. The number of nitrogens with zero attached hydrogens (tertiary/aromatic N) is 2. The van der Waals surface area contributed by atoms with Crippen molar-refractivity contribution in [3.8, 4) is 0 Å². The Bertz CT molecular complexity index is 464. The lowest BCUT2D eigenvalue weighted by atomic mass is 10.1. The minimum Gasteiger partial charge on any atom is -0.353 e. The van der Waals surface area contributed by atoms with E-state index in [0.29, 0.717) is 0 Å². The van der Waals surface area contributed by atoms with Gasteiger partial charge in [-0.1, -0.05) is 20.8 Å². The summed E-state index contributed by atoms with van der Waals surface area (Å²) in [5.74, 6) is 1.98. The number of nitrogens with one attached hydrogen (secondary N) is 1. The van der Waals surface area contributed by atoms with E-state index in [1.54, 1.807) is 0 Å². The Morgan fingerprint density at radius 3 is 2.62 bits per heavy atom. The summed E-state index contributed by atoms with van der Waals surface area (Å²) in [5, 5.41) is 3.48. The maximum absolute atomic E-state index is 4.91. The highest BCUT2D eigenvalue weighted by Gasteiger charge is 2.31. The van der Waals surface area contributed by atoms with Crippen LogP contribution in [0, 0.1) is 19.8 Å². The molecule has 0 aromatic carbocycles. The summed E-state index contributed by atoms with van der Waals surface area (Å²) in [6.45, 7) is 14.2. The van der Waals surface area contributed by atoms with Gasteiger partial charge in [-0.15, -0.1) is 0 Å². The Kier molecular flexibility index (Phi) is 5.63. The van der Waals surface area contributed by atoms with Gasteiger partial charge < -0.3 is 10.2 Å². The van der Waals surface area contributed by atoms with Crippen LogP contribution in [0.1, 0.15) is 56.9 Å². The first-order valence-corrected chi connectivity index (χ1v) is 8.47. The van der Waals surface area contributed by atoms with Crippen LogP contribution in [0.3, 0.4) is 0 Å². The lowest BCUT2D eigenvalue weighted by Gasteiger charge is -2.28. The molecular formula is C18H31N3. The summed E-state index contributed by atoms with van der Waals surface area (Å²) >= 11 is 0. The van der Waals surface area contributed by atoms with E-state index in [-0.39, 0.29) is 0 Å². The molecule has 1 aliphatic rings. The van der Waals surface area contributed by atoms with Crippen LogP contribution in [-0.4, -0.2) is 24.1 Å². The number of rotatable bonds is 8. The van der Waals surface area contributed by atoms with E-state index in [2.05, 4.69) is 50.9 Å². The maximum atomic E-state index is 4.91. The molecule has 0 atom stereocenters. The highest BCUT2D eigenvalue weighted by atomic mass is 15.2. The predicted molar refractivity (Wildman–Crippen MR) is 90.9 cm³/mol. The molecule has 3 nitrogen and oxygen atoms in total. The lowest BCUT2D eigenvalue weighted by Crippen LogP contribution is -2.31. The number of hydrogen-bond acceptors (Lipinski definition) is 3. The van der Waals surface area contributed by atoms with Gasteiger partial charge in [0.1, 0.15) is 5.82 Å². The summed E-state index contributed by atoms with van der Waals surface area (Å²) in [6.07, 6.45) is 3.90.